The van der Waals surface area contributed by atoms with Gasteiger partial charge in [-0.3, -0.25) is 14.9 Å². The third-order valence-corrected chi connectivity index (χ3v) is 3.88. The van der Waals surface area contributed by atoms with Crippen LogP contribution in [-0.2, 0) is 9.53 Å². The molecule has 0 bridgehead atoms. The van der Waals surface area contributed by atoms with Gasteiger partial charge in [-0.05, 0) is 36.6 Å². The molecular formula is C16H15N3O5S. The van der Waals surface area contributed by atoms with Crippen LogP contribution in [0.4, 0.5) is 17.1 Å². The van der Waals surface area contributed by atoms with Gasteiger partial charge < -0.3 is 15.8 Å². The highest BCUT2D eigenvalue weighted by Gasteiger charge is 2.17. The summed E-state index contributed by atoms with van der Waals surface area (Å²) in [5.41, 5.74) is 5.53. The van der Waals surface area contributed by atoms with E-state index in [4.69, 9.17) is 10.5 Å². The van der Waals surface area contributed by atoms with Gasteiger partial charge in [-0.2, -0.15) is 0 Å². The molecule has 0 aliphatic carbocycles. The molecule has 0 heterocycles. The maximum atomic E-state index is 11.9. The number of nitrogens with two attached hydrogens (primary N) is 1. The van der Waals surface area contributed by atoms with E-state index in [1.165, 1.54) is 23.9 Å². The largest absolute Gasteiger partial charge is 0.452 e. The van der Waals surface area contributed by atoms with Crippen LogP contribution >= 0.6 is 11.8 Å². The summed E-state index contributed by atoms with van der Waals surface area (Å²) in [6.07, 6.45) is 1.91. The maximum absolute atomic E-state index is 11.9. The summed E-state index contributed by atoms with van der Waals surface area (Å²) in [7, 11) is 0. The molecule has 25 heavy (non-hydrogen) atoms. The number of carbonyl (C=O) groups is 2. The Kier molecular flexibility index (Phi) is 5.96. The van der Waals surface area contributed by atoms with Gasteiger partial charge in [0.25, 0.3) is 11.6 Å². The van der Waals surface area contributed by atoms with Gasteiger partial charge in [0.2, 0.25) is 0 Å². The molecule has 9 heteroatoms. The molecule has 2 rings (SSSR count). The molecular weight excluding hydrogens is 346 g/mol. The zero-order valence-corrected chi connectivity index (χ0v) is 14.0. The van der Waals surface area contributed by atoms with Crippen molar-refractivity contribution in [1.29, 1.82) is 0 Å². The molecule has 0 fully saturated rings. The number of nitrogen functional groups attached to an aromatic ring is 1. The van der Waals surface area contributed by atoms with Crippen molar-refractivity contribution in [3.8, 4) is 0 Å². The Morgan fingerprint density at radius 1 is 1.28 bits per heavy atom. The number of thioether (sulfide) groups is 1. The lowest BCUT2D eigenvalue weighted by molar-refractivity contribution is -0.383. The quantitative estimate of drug-likeness (QED) is 0.266. The molecule has 0 saturated heterocycles. The van der Waals surface area contributed by atoms with E-state index in [1.807, 2.05) is 12.3 Å². The molecule has 0 saturated carbocycles. The second-order valence-corrected chi connectivity index (χ2v) is 5.77. The first-order chi connectivity index (χ1) is 11.9. The Labute approximate surface area is 147 Å². The summed E-state index contributed by atoms with van der Waals surface area (Å²) in [6, 6.07) is 10.7. The molecule has 130 valence electrons. The highest BCUT2D eigenvalue weighted by Crippen LogP contribution is 2.23. The number of nitrogens with one attached hydrogen (secondary N) is 1. The average molecular weight is 361 g/mol. The second kappa shape index (κ2) is 8.15. The number of anilines is 2. The van der Waals surface area contributed by atoms with Crippen molar-refractivity contribution in [1.82, 2.24) is 0 Å². The Bertz CT molecular complexity index is 825. The maximum Gasteiger partial charge on any atom is 0.338 e. The van der Waals surface area contributed by atoms with E-state index in [0.29, 0.717) is 5.69 Å². The highest BCUT2D eigenvalue weighted by atomic mass is 32.2. The number of esters is 1. The SMILES string of the molecule is CSc1cccc(NC(=O)COC(=O)c2ccc(N)c([N+](=O)[O-])c2)c1. The lowest BCUT2D eigenvalue weighted by atomic mass is 10.2. The van der Waals surface area contributed by atoms with Crippen molar-refractivity contribution >= 4 is 40.7 Å². The topological polar surface area (TPSA) is 125 Å². The molecule has 0 radical (unpaired) electrons. The summed E-state index contributed by atoms with van der Waals surface area (Å²) in [4.78, 5) is 34.9. The zero-order chi connectivity index (χ0) is 18.4. The third kappa shape index (κ3) is 4.95. The number of ether oxygens (including phenoxy) is 1. The minimum Gasteiger partial charge on any atom is -0.452 e. The van der Waals surface area contributed by atoms with Crippen LogP contribution in [0.5, 0.6) is 0 Å². The van der Waals surface area contributed by atoms with Crippen LogP contribution < -0.4 is 11.1 Å². The van der Waals surface area contributed by atoms with Crippen LogP contribution in [0.3, 0.4) is 0 Å². The number of amides is 1. The third-order valence-electron chi connectivity index (χ3n) is 3.15. The Balaban J connectivity index is 1.96. The van der Waals surface area contributed by atoms with Crippen molar-refractivity contribution < 1.29 is 19.2 Å². The molecule has 0 spiro atoms. The van der Waals surface area contributed by atoms with E-state index in [1.54, 1.807) is 18.2 Å². The molecule has 1 amide bonds. The fourth-order valence-electron chi connectivity index (χ4n) is 1.94. The molecule has 0 aliphatic rings. The van der Waals surface area contributed by atoms with Gasteiger partial charge in [0.05, 0.1) is 10.5 Å². The number of nitro benzene ring substituents is 1. The smallest absolute Gasteiger partial charge is 0.338 e. The lowest BCUT2D eigenvalue weighted by Gasteiger charge is -2.08. The van der Waals surface area contributed by atoms with Gasteiger partial charge in [0, 0.05) is 16.6 Å². The van der Waals surface area contributed by atoms with Crippen molar-refractivity contribution in [2.75, 3.05) is 23.9 Å². The first-order valence-electron chi connectivity index (χ1n) is 7.05. The standard InChI is InChI=1S/C16H15N3O5S/c1-25-12-4-2-3-11(8-12)18-15(20)9-24-16(21)10-5-6-13(17)14(7-10)19(22)23/h2-8H,9,17H2,1H3,(H,18,20). The molecule has 0 aliphatic heterocycles. The minimum absolute atomic E-state index is 0.0573. The number of hydrogen-bond acceptors (Lipinski definition) is 7. The molecule has 2 aromatic carbocycles. The average Bonchev–Trinajstić information content (AvgIpc) is 2.60. The molecule has 3 N–H and O–H groups in total. The van der Waals surface area contributed by atoms with Gasteiger partial charge in [-0.25, -0.2) is 4.79 Å². The van der Waals surface area contributed by atoms with Crippen LogP contribution in [0, 0.1) is 10.1 Å². The number of nitro groups is 1. The number of benzene rings is 2. The Hall–Kier alpha value is -3.07. The van der Waals surface area contributed by atoms with Gasteiger partial charge in [-0.1, -0.05) is 6.07 Å². The minimum atomic E-state index is -0.851. The van der Waals surface area contributed by atoms with Crippen LogP contribution in [0.1, 0.15) is 10.4 Å². The van der Waals surface area contributed by atoms with Gasteiger partial charge >= 0.3 is 5.97 Å². The van der Waals surface area contributed by atoms with Gasteiger partial charge in [0.15, 0.2) is 6.61 Å². The number of carbonyl (C=O) groups excluding carboxylic acids is 2. The van der Waals surface area contributed by atoms with E-state index >= 15 is 0 Å². The summed E-state index contributed by atoms with van der Waals surface area (Å²) in [5.74, 6) is -1.37. The van der Waals surface area contributed by atoms with Gasteiger partial charge in [0.1, 0.15) is 5.69 Å². The number of hydrogen-bond donors (Lipinski definition) is 2. The van der Waals surface area contributed by atoms with Crippen LogP contribution in [0.2, 0.25) is 0 Å². The summed E-state index contributed by atoms with van der Waals surface area (Å²) < 4.78 is 4.87. The summed E-state index contributed by atoms with van der Waals surface area (Å²) in [6.45, 7) is -0.513. The van der Waals surface area contributed by atoms with E-state index in [-0.39, 0.29) is 11.3 Å². The first-order valence-corrected chi connectivity index (χ1v) is 8.28. The van der Waals surface area contributed by atoms with Crippen molar-refractivity contribution in [2.24, 2.45) is 0 Å². The number of rotatable bonds is 6. The second-order valence-electron chi connectivity index (χ2n) is 4.89. The van der Waals surface area contributed by atoms with Crippen LogP contribution in [-0.4, -0.2) is 29.7 Å². The molecule has 2 aromatic rings. The number of nitrogens with zero attached hydrogens (tertiary/aromatic N) is 1. The Morgan fingerprint density at radius 3 is 2.72 bits per heavy atom. The van der Waals surface area contributed by atoms with Crippen LogP contribution in [0.25, 0.3) is 0 Å². The highest BCUT2D eigenvalue weighted by molar-refractivity contribution is 7.98. The van der Waals surface area contributed by atoms with Crippen molar-refractivity contribution in [2.45, 2.75) is 4.90 Å². The predicted octanol–water partition coefficient (Wildman–Crippen LogP) is 2.69. The first kappa shape index (κ1) is 18.3. The van der Waals surface area contributed by atoms with Crippen molar-refractivity contribution in [3.05, 3.63) is 58.1 Å². The van der Waals surface area contributed by atoms with E-state index in [2.05, 4.69) is 5.32 Å². The Morgan fingerprint density at radius 2 is 2.04 bits per heavy atom. The van der Waals surface area contributed by atoms with Crippen molar-refractivity contribution in [3.63, 3.8) is 0 Å². The summed E-state index contributed by atoms with van der Waals surface area (Å²) >= 11 is 1.53. The van der Waals surface area contributed by atoms with Crippen LogP contribution in [0.15, 0.2) is 47.4 Å². The zero-order valence-electron chi connectivity index (χ0n) is 13.2. The van der Waals surface area contributed by atoms with E-state index in [0.717, 1.165) is 11.0 Å². The molecule has 0 aromatic heterocycles. The summed E-state index contributed by atoms with van der Waals surface area (Å²) in [5, 5.41) is 13.4. The normalized spacial score (nSPS) is 10.1. The van der Waals surface area contributed by atoms with E-state index in [9.17, 15) is 19.7 Å². The molecule has 0 atom stereocenters. The lowest BCUT2D eigenvalue weighted by Crippen LogP contribution is -2.21. The predicted molar refractivity (Wildman–Crippen MR) is 94.6 cm³/mol. The fraction of sp³-hybridized carbons (Fsp3) is 0.125. The molecule has 8 nitrogen and oxygen atoms in total. The fourth-order valence-corrected chi connectivity index (χ4v) is 2.40. The van der Waals surface area contributed by atoms with Gasteiger partial charge in [-0.15, -0.1) is 11.8 Å². The molecule has 0 unspecified atom stereocenters. The monoisotopic (exact) mass is 361 g/mol. The van der Waals surface area contributed by atoms with E-state index < -0.39 is 29.1 Å².